The van der Waals surface area contributed by atoms with E-state index >= 15 is 0 Å². The number of unbranched alkanes of at least 4 members (excludes halogenated alkanes) is 50. The summed E-state index contributed by atoms with van der Waals surface area (Å²) in [5.74, 6) is -0.487. The maximum absolute atomic E-state index is 13.1. The van der Waals surface area contributed by atoms with Gasteiger partial charge < -0.3 is 33.8 Å². The Hall–Kier alpha value is -1.94. The first-order valence-electron chi connectivity index (χ1n) is 43.1. The fourth-order valence-corrected chi connectivity index (χ4v) is 14.4. The van der Waals surface area contributed by atoms with Crippen molar-refractivity contribution in [1.29, 1.82) is 0 Å². The quantitative estimate of drug-likeness (QED) is 0.0222. The molecule has 0 radical (unpaired) electrons. The molecule has 0 rings (SSSR count). The molecule has 7 atom stereocenters. The molecule has 102 heavy (non-hydrogen) atoms. The summed E-state index contributed by atoms with van der Waals surface area (Å²) in [5.41, 5.74) is 0. The minimum absolute atomic E-state index is 0.106. The lowest BCUT2D eigenvalue weighted by Gasteiger charge is -2.21. The minimum Gasteiger partial charge on any atom is -0.462 e. The van der Waals surface area contributed by atoms with Crippen LogP contribution < -0.4 is 0 Å². The Labute approximate surface area is 626 Å². The summed E-state index contributed by atoms with van der Waals surface area (Å²) in [6.07, 6.45) is 65.1. The van der Waals surface area contributed by atoms with Gasteiger partial charge in [0.1, 0.15) is 19.3 Å². The van der Waals surface area contributed by atoms with E-state index in [-0.39, 0.29) is 25.7 Å². The molecule has 0 spiro atoms. The van der Waals surface area contributed by atoms with Crippen LogP contribution in [0.25, 0.3) is 0 Å². The largest absolute Gasteiger partial charge is 0.472 e. The number of hydrogen-bond donors (Lipinski definition) is 3. The summed E-state index contributed by atoms with van der Waals surface area (Å²) in [6.45, 7) is 9.70. The van der Waals surface area contributed by atoms with Crippen molar-refractivity contribution in [3.05, 3.63) is 0 Å². The molecule has 606 valence electrons. The van der Waals surface area contributed by atoms with Gasteiger partial charge in [-0.2, -0.15) is 0 Å². The van der Waals surface area contributed by atoms with E-state index in [0.717, 1.165) is 102 Å². The second kappa shape index (κ2) is 74.5. The molecule has 0 aliphatic rings. The highest BCUT2D eigenvalue weighted by Crippen LogP contribution is 2.45. The number of aliphatic hydroxyl groups excluding tert-OH is 1. The highest BCUT2D eigenvalue weighted by Gasteiger charge is 2.30. The number of esters is 4. The Morgan fingerprint density at radius 3 is 0.696 bits per heavy atom. The van der Waals surface area contributed by atoms with Gasteiger partial charge in [-0.25, -0.2) is 9.13 Å². The van der Waals surface area contributed by atoms with Gasteiger partial charge in [0, 0.05) is 25.7 Å². The van der Waals surface area contributed by atoms with Crippen molar-refractivity contribution in [1.82, 2.24) is 0 Å². The Bertz CT molecular complexity index is 1960. The molecule has 0 aliphatic heterocycles. The molecule has 19 heteroatoms. The highest BCUT2D eigenvalue weighted by molar-refractivity contribution is 7.47. The molecule has 4 unspecified atom stereocenters. The molecular formula is C83H162O17P2. The first-order chi connectivity index (χ1) is 49.4. The number of phosphoric acid groups is 2. The zero-order chi connectivity index (χ0) is 74.9. The van der Waals surface area contributed by atoms with E-state index in [1.807, 2.05) is 0 Å². The molecule has 0 fully saturated rings. The standard InChI is InChI=1S/C83H162O17P2/c1-7-11-13-15-17-19-21-23-24-25-26-27-28-29-34-38-42-49-55-61-67-82(87)99-78(71-93-81(86)66-60-54-48-41-37-33-31-30-32-35-39-45-51-57-63-75(5)9-3)73-97-101(89,90)95-69-77(84)70-96-102(91,92)98-74-79(100-83(88)68-62-56-50-44-43-46-52-58-64-76(6)10-4)72-94-80(85)65-59-53-47-40-36-22-20-18-16-14-12-8-2/h75-79,84H,7-74H2,1-6H3,(H,89,90)(H,91,92)/t75?,76?,77-,78-,79-/m1/s1. The van der Waals surface area contributed by atoms with Gasteiger partial charge in [-0.15, -0.1) is 0 Å². The number of rotatable bonds is 82. The highest BCUT2D eigenvalue weighted by atomic mass is 31.2. The van der Waals surface area contributed by atoms with Gasteiger partial charge in [0.25, 0.3) is 0 Å². The summed E-state index contributed by atoms with van der Waals surface area (Å²) in [7, 11) is -9.92. The number of carbonyl (C=O) groups excluding carboxylic acids is 4. The van der Waals surface area contributed by atoms with Crippen molar-refractivity contribution >= 4 is 39.5 Å². The van der Waals surface area contributed by atoms with Gasteiger partial charge in [0.2, 0.25) is 0 Å². The predicted octanol–water partition coefficient (Wildman–Crippen LogP) is 25.1. The van der Waals surface area contributed by atoms with Gasteiger partial charge >= 0.3 is 39.5 Å². The van der Waals surface area contributed by atoms with Crippen LogP contribution >= 0.6 is 15.6 Å². The topological polar surface area (TPSA) is 237 Å². The molecule has 0 aliphatic carbocycles. The molecule has 0 aromatic heterocycles. The lowest BCUT2D eigenvalue weighted by Crippen LogP contribution is -2.30. The van der Waals surface area contributed by atoms with Gasteiger partial charge in [-0.3, -0.25) is 37.3 Å². The molecule has 0 saturated carbocycles. The lowest BCUT2D eigenvalue weighted by molar-refractivity contribution is -0.161. The molecule has 17 nitrogen and oxygen atoms in total. The van der Waals surface area contributed by atoms with Crippen LogP contribution in [0.1, 0.15) is 440 Å². The first kappa shape index (κ1) is 100. The number of ether oxygens (including phenoxy) is 4. The SMILES string of the molecule is CCCCCCCCCCCCCCCCCCCCCCC(=O)O[C@H](COC(=O)CCCCCCCCCCCCCCCCC(C)CC)COP(=O)(O)OC[C@@H](O)COP(=O)(O)OC[C@@H](COC(=O)CCCCCCCCCCCCCC)OC(=O)CCCCCCCCCCC(C)CC. The molecule has 0 bridgehead atoms. The summed E-state index contributed by atoms with van der Waals surface area (Å²) in [6, 6.07) is 0. The fraction of sp³-hybridized carbons (Fsp3) is 0.952. The van der Waals surface area contributed by atoms with Gasteiger partial charge in [0.05, 0.1) is 26.4 Å². The maximum Gasteiger partial charge on any atom is 0.472 e. The van der Waals surface area contributed by atoms with Crippen LogP contribution in [-0.4, -0.2) is 96.7 Å². The number of phosphoric ester groups is 2. The van der Waals surface area contributed by atoms with Crippen molar-refractivity contribution in [2.45, 2.75) is 458 Å². The van der Waals surface area contributed by atoms with Crippen LogP contribution in [0.3, 0.4) is 0 Å². The molecule has 0 saturated heterocycles. The molecule has 0 heterocycles. The predicted molar refractivity (Wildman–Crippen MR) is 418 cm³/mol. The average Bonchev–Trinajstić information content (AvgIpc) is 0.914. The lowest BCUT2D eigenvalue weighted by atomic mass is 9.99. The van der Waals surface area contributed by atoms with Crippen LogP contribution in [0.15, 0.2) is 0 Å². The number of aliphatic hydroxyl groups is 1. The van der Waals surface area contributed by atoms with E-state index in [1.54, 1.807) is 0 Å². The van der Waals surface area contributed by atoms with E-state index in [0.29, 0.717) is 25.7 Å². The maximum atomic E-state index is 13.1. The van der Waals surface area contributed by atoms with Gasteiger partial charge in [-0.1, -0.05) is 388 Å². The summed E-state index contributed by atoms with van der Waals surface area (Å²) in [4.78, 5) is 73.1. The zero-order valence-corrected chi connectivity index (χ0v) is 68.7. The zero-order valence-electron chi connectivity index (χ0n) is 66.9. The van der Waals surface area contributed by atoms with Crippen molar-refractivity contribution in [3.63, 3.8) is 0 Å². The van der Waals surface area contributed by atoms with Crippen LogP contribution in [0.5, 0.6) is 0 Å². The molecular weight excluding hydrogens is 1330 g/mol. The number of carbonyl (C=O) groups is 4. The van der Waals surface area contributed by atoms with E-state index < -0.39 is 97.5 Å². The first-order valence-corrected chi connectivity index (χ1v) is 46.1. The Morgan fingerprint density at radius 1 is 0.275 bits per heavy atom. The third-order valence-electron chi connectivity index (χ3n) is 20.2. The average molecular weight is 1490 g/mol. The summed E-state index contributed by atoms with van der Waals surface area (Å²) < 4.78 is 68.8. The normalized spacial score (nSPS) is 14.4. The van der Waals surface area contributed by atoms with Crippen LogP contribution in [0, 0.1) is 11.8 Å². The van der Waals surface area contributed by atoms with E-state index in [2.05, 4.69) is 41.5 Å². The van der Waals surface area contributed by atoms with Crippen molar-refractivity contribution in [3.8, 4) is 0 Å². The third kappa shape index (κ3) is 73.6. The minimum atomic E-state index is -4.96. The van der Waals surface area contributed by atoms with Crippen molar-refractivity contribution in [2.24, 2.45) is 11.8 Å². The van der Waals surface area contributed by atoms with E-state index in [1.165, 1.54) is 257 Å². The monoisotopic (exact) mass is 1490 g/mol. The van der Waals surface area contributed by atoms with Crippen LogP contribution in [-0.2, 0) is 65.4 Å². The van der Waals surface area contributed by atoms with E-state index in [9.17, 15) is 43.2 Å². The Kier molecular flexibility index (Phi) is 73.1. The summed E-state index contributed by atoms with van der Waals surface area (Å²) >= 11 is 0. The fourth-order valence-electron chi connectivity index (χ4n) is 12.8. The van der Waals surface area contributed by atoms with Crippen molar-refractivity contribution < 1.29 is 80.2 Å². The van der Waals surface area contributed by atoms with Crippen LogP contribution in [0.4, 0.5) is 0 Å². The van der Waals surface area contributed by atoms with Crippen molar-refractivity contribution in [2.75, 3.05) is 39.6 Å². The Morgan fingerprint density at radius 2 is 0.471 bits per heavy atom. The summed E-state index contributed by atoms with van der Waals surface area (Å²) in [5, 5.41) is 10.7. The third-order valence-corrected chi connectivity index (χ3v) is 22.1. The second-order valence-corrected chi connectivity index (χ2v) is 33.3. The molecule has 0 aromatic carbocycles. The van der Waals surface area contributed by atoms with Crippen LogP contribution in [0.2, 0.25) is 0 Å². The van der Waals surface area contributed by atoms with E-state index in [4.69, 9.17) is 37.0 Å². The van der Waals surface area contributed by atoms with Gasteiger partial charge in [-0.05, 0) is 37.5 Å². The smallest absolute Gasteiger partial charge is 0.462 e. The van der Waals surface area contributed by atoms with Gasteiger partial charge in [0.15, 0.2) is 12.2 Å². The number of hydrogen-bond acceptors (Lipinski definition) is 15. The second-order valence-electron chi connectivity index (χ2n) is 30.4. The molecule has 3 N–H and O–H groups in total. The molecule has 0 amide bonds. The Balaban J connectivity index is 5.24. The molecule has 0 aromatic rings.